The normalized spacial score (nSPS) is 23.8. The van der Waals surface area contributed by atoms with E-state index in [0.717, 1.165) is 67.9 Å². The summed E-state index contributed by atoms with van der Waals surface area (Å²) in [7, 11) is 0. The van der Waals surface area contributed by atoms with Gasteiger partial charge in [0, 0.05) is 36.7 Å². The molecule has 0 aromatic heterocycles. The molecule has 0 bridgehead atoms. The Morgan fingerprint density at radius 2 is 1.82 bits per heavy atom. The summed E-state index contributed by atoms with van der Waals surface area (Å²) >= 11 is 1.78. The van der Waals surface area contributed by atoms with E-state index in [1.807, 2.05) is 26.0 Å². The molecule has 7 nitrogen and oxygen atoms in total. The molecule has 1 aliphatic carbocycles. The molecule has 4 rings (SSSR count). The minimum absolute atomic E-state index is 0.0239. The fourth-order valence-electron chi connectivity index (χ4n) is 6.03. The fourth-order valence-corrected chi connectivity index (χ4v) is 7.03. The number of nitrogens with one attached hydrogen (secondary N) is 2. The highest BCUT2D eigenvalue weighted by Gasteiger charge is 2.47. The number of hydrazine groups is 1. The van der Waals surface area contributed by atoms with E-state index in [4.69, 9.17) is 10.8 Å². The second-order valence-electron chi connectivity index (χ2n) is 10.9. The van der Waals surface area contributed by atoms with Gasteiger partial charge in [-0.2, -0.15) is 13.2 Å². The minimum atomic E-state index is -4.09. The van der Waals surface area contributed by atoms with Crippen molar-refractivity contribution >= 4 is 29.6 Å². The Balaban J connectivity index is 1.24. The Kier molecular flexibility index (Phi) is 9.09. The van der Waals surface area contributed by atoms with Crippen LogP contribution in [0.5, 0.6) is 0 Å². The predicted octanol–water partition coefficient (Wildman–Crippen LogP) is 4.61. The summed E-state index contributed by atoms with van der Waals surface area (Å²) in [6, 6.07) is 3.73. The van der Waals surface area contributed by atoms with Gasteiger partial charge in [-0.25, -0.2) is 5.84 Å². The van der Waals surface area contributed by atoms with Crippen LogP contribution in [0.3, 0.4) is 0 Å². The molecule has 3 aliphatic rings. The largest absolute Gasteiger partial charge is 0.389 e. The summed E-state index contributed by atoms with van der Waals surface area (Å²) in [5.74, 6) is 6.83. The Morgan fingerprint density at radius 3 is 2.39 bits per heavy atom. The van der Waals surface area contributed by atoms with Crippen molar-refractivity contribution in [3.63, 3.8) is 0 Å². The molecular formula is C27H38F3N5O2S. The Hall–Kier alpha value is -2.11. The maximum Gasteiger partial charge on any atom is 0.389 e. The number of piperidine rings is 1. The average molecular weight is 554 g/mol. The maximum atomic E-state index is 12.9. The topological polar surface area (TPSA) is 99.8 Å². The highest BCUT2D eigenvalue weighted by molar-refractivity contribution is 7.97. The van der Waals surface area contributed by atoms with Gasteiger partial charge in [0.25, 0.3) is 11.8 Å². The van der Waals surface area contributed by atoms with Gasteiger partial charge < -0.3 is 5.32 Å². The number of nitrogens with two attached hydrogens (primary N) is 1. The molecule has 2 fully saturated rings. The van der Waals surface area contributed by atoms with Crippen LogP contribution in [0.1, 0.15) is 78.4 Å². The molecule has 0 atom stereocenters. The van der Waals surface area contributed by atoms with Crippen LogP contribution in [-0.4, -0.2) is 52.5 Å². The number of hydrogen-bond donors (Lipinski definition) is 3. The summed E-state index contributed by atoms with van der Waals surface area (Å²) in [4.78, 5) is 29.7. The molecule has 2 aliphatic heterocycles. The van der Waals surface area contributed by atoms with Gasteiger partial charge in [0.15, 0.2) is 0 Å². The van der Waals surface area contributed by atoms with Crippen molar-refractivity contribution in [3.05, 3.63) is 34.4 Å². The number of benzene rings is 1. The average Bonchev–Trinajstić information content (AvgIpc) is 3.20. The molecule has 0 unspecified atom stereocenters. The van der Waals surface area contributed by atoms with E-state index in [1.54, 1.807) is 11.9 Å². The van der Waals surface area contributed by atoms with Gasteiger partial charge in [-0.15, -0.1) is 0 Å². The number of alkyl halides is 3. The van der Waals surface area contributed by atoms with Crippen molar-refractivity contribution < 1.29 is 22.8 Å². The van der Waals surface area contributed by atoms with Gasteiger partial charge in [-0.1, -0.05) is 11.9 Å². The molecule has 1 aromatic carbocycles. The Morgan fingerprint density at radius 1 is 1.18 bits per heavy atom. The van der Waals surface area contributed by atoms with Crippen molar-refractivity contribution in [3.8, 4) is 0 Å². The van der Waals surface area contributed by atoms with E-state index < -0.39 is 18.1 Å². The molecule has 1 saturated carbocycles. The van der Waals surface area contributed by atoms with E-state index >= 15 is 0 Å². The third-order valence-electron chi connectivity index (χ3n) is 8.33. The first-order valence-electron chi connectivity index (χ1n) is 13.5. The first kappa shape index (κ1) is 28.9. The highest BCUT2D eigenvalue weighted by atomic mass is 32.2. The standard InChI is InChI=1S/C27H38F3N5O2S/c1-17-15-21(24(36)34-31)16-18(2)22(17)8-14-38-35-12-10-26(11-13-35)25(37)32-23(33-26)20-5-3-19(4-6-20)7-9-27(28,29)30/h15-16,19-20H,3-14,31H2,1-2H3,(H,34,36)(H,32,33,37). The zero-order chi connectivity index (χ0) is 27.5. The second-order valence-corrected chi connectivity index (χ2v) is 12.1. The number of carbonyl (C=O) groups excluding carboxylic acids is 2. The number of nitrogen functional groups attached to an aromatic ring is 1. The number of aryl methyl sites for hydroxylation is 2. The number of halogens is 3. The molecule has 210 valence electrons. The monoisotopic (exact) mass is 553 g/mol. The summed E-state index contributed by atoms with van der Waals surface area (Å²) in [5.41, 5.74) is 5.41. The highest BCUT2D eigenvalue weighted by Crippen LogP contribution is 2.38. The lowest BCUT2D eigenvalue weighted by Crippen LogP contribution is -2.47. The summed E-state index contributed by atoms with van der Waals surface area (Å²) in [6.07, 6.45) is 0.695. The zero-order valence-electron chi connectivity index (χ0n) is 22.1. The Labute approximate surface area is 226 Å². The van der Waals surface area contributed by atoms with E-state index in [-0.39, 0.29) is 30.1 Å². The van der Waals surface area contributed by atoms with E-state index in [2.05, 4.69) is 15.0 Å². The van der Waals surface area contributed by atoms with Gasteiger partial charge >= 0.3 is 6.18 Å². The van der Waals surface area contributed by atoms with E-state index in [0.29, 0.717) is 18.4 Å². The van der Waals surface area contributed by atoms with Crippen molar-refractivity contribution in [1.82, 2.24) is 15.0 Å². The Bertz CT molecular complexity index is 1040. The smallest absolute Gasteiger partial charge is 0.312 e. The van der Waals surface area contributed by atoms with Crippen LogP contribution in [0.25, 0.3) is 0 Å². The number of amides is 2. The number of rotatable bonds is 8. The van der Waals surface area contributed by atoms with Crippen LogP contribution in [-0.2, 0) is 11.2 Å². The lowest BCUT2D eigenvalue weighted by atomic mass is 9.79. The van der Waals surface area contributed by atoms with Gasteiger partial charge in [0.05, 0.1) is 0 Å². The van der Waals surface area contributed by atoms with Crippen molar-refractivity contribution in [2.24, 2.45) is 22.7 Å². The van der Waals surface area contributed by atoms with Crippen molar-refractivity contribution in [1.29, 1.82) is 0 Å². The van der Waals surface area contributed by atoms with Crippen LogP contribution < -0.4 is 16.6 Å². The van der Waals surface area contributed by atoms with Crippen molar-refractivity contribution in [2.45, 2.75) is 83.4 Å². The van der Waals surface area contributed by atoms with Crippen molar-refractivity contribution in [2.75, 3.05) is 18.8 Å². The lowest BCUT2D eigenvalue weighted by molar-refractivity contribution is -0.138. The van der Waals surface area contributed by atoms with E-state index in [9.17, 15) is 22.8 Å². The van der Waals surface area contributed by atoms with Crippen LogP contribution in [0, 0.1) is 25.7 Å². The molecule has 1 aromatic rings. The van der Waals surface area contributed by atoms with Gasteiger partial charge in [0.1, 0.15) is 11.4 Å². The predicted molar refractivity (Wildman–Crippen MR) is 144 cm³/mol. The number of carbonyl (C=O) groups is 2. The minimum Gasteiger partial charge on any atom is -0.312 e. The van der Waals surface area contributed by atoms with Gasteiger partial charge in [0.2, 0.25) is 0 Å². The second kappa shape index (κ2) is 12.0. The van der Waals surface area contributed by atoms with Crippen LogP contribution in [0.15, 0.2) is 17.1 Å². The quantitative estimate of drug-likeness (QED) is 0.189. The zero-order valence-corrected chi connectivity index (χ0v) is 22.9. The number of aliphatic imine (C=N–C) groups is 1. The number of nitrogens with zero attached hydrogens (tertiary/aromatic N) is 2. The lowest BCUT2D eigenvalue weighted by Gasteiger charge is -2.34. The first-order valence-corrected chi connectivity index (χ1v) is 14.4. The molecule has 0 radical (unpaired) electrons. The third kappa shape index (κ3) is 6.90. The third-order valence-corrected chi connectivity index (χ3v) is 9.45. The summed E-state index contributed by atoms with van der Waals surface area (Å²) in [5, 5.41) is 3.03. The molecule has 2 amide bonds. The fraction of sp³-hybridized carbons (Fsp3) is 0.667. The molecule has 4 N–H and O–H groups in total. The molecule has 2 heterocycles. The van der Waals surface area contributed by atoms with Crippen LogP contribution >= 0.6 is 11.9 Å². The summed E-state index contributed by atoms with van der Waals surface area (Å²) in [6.45, 7) is 5.56. The first-order chi connectivity index (χ1) is 18.0. The van der Waals surface area contributed by atoms with Crippen LogP contribution in [0.4, 0.5) is 13.2 Å². The molecule has 38 heavy (non-hydrogen) atoms. The van der Waals surface area contributed by atoms with Gasteiger partial charge in [-0.3, -0.25) is 24.3 Å². The molecule has 11 heteroatoms. The SMILES string of the molecule is Cc1cc(C(=O)NN)cc(C)c1CCSN1CCC2(CC1)N=C(C1CCC(CCC(F)(F)F)CC1)NC2=O. The summed E-state index contributed by atoms with van der Waals surface area (Å²) < 4.78 is 39.9. The maximum absolute atomic E-state index is 12.9. The van der Waals surface area contributed by atoms with E-state index in [1.165, 1.54) is 5.56 Å². The molecule has 1 spiro atoms. The van der Waals surface area contributed by atoms with Crippen LogP contribution in [0.2, 0.25) is 0 Å². The number of amidine groups is 1. The molecular weight excluding hydrogens is 515 g/mol. The molecule has 1 saturated heterocycles. The number of hydrogen-bond acceptors (Lipinski definition) is 6. The van der Waals surface area contributed by atoms with Gasteiger partial charge in [-0.05, 0) is 100.0 Å².